The van der Waals surface area contributed by atoms with Gasteiger partial charge in [0.25, 0.3) is 0 Å². The van der Waals surface area contributed by atoms with Gasteiger partial charge in [-0.1, -0.05) is 50.3 Å². The highest BCUT2D eigenvalue weighted by molar-refractivity contribution is 5.89. The number of fused-ring (bicyclic) bond motifs is 1. The van der Waals surface area contributed by atoms with Crippen LogP contribution in [0.4, 0.5) is 0 Å². The second-order valence-electron chi connectivity index (χ2n) is 13.5. The summed E-state index contributed by atoms with van der Waals surface area (Å²) in [7, 11) is 0. The van der Waals surface area contributed by atoms with Crippen molar-refractivity contribution in [1.29, 1.82) is 0 Å². The molecule has 1 aromatic rings. The van der Waals surface area contributed by atoms with E-state index in [1.54, 1.807) is 56.3 Å². The summed E-state index contributed by atoms with van der Waals surface area (Å²) in [6.45, 7) is 12.9. The van der Waals surface area contributed by atoms with Crippen LogP contribution in [0.3, 0.4) is 0 Å². The third-order valence-corrected chi connectivity index (χ3v) is 10.4. The maximum absolute atomic E-state index is 14.0. The van der Waals surface area contributed by atoms with Gasteiger partial charge < -0.3 is 33.9 Å². The fourth-order valence-corrected chi connectivity index (χ4v) is 8.85. The molecular formula is C35H44O11. The van der Waals surface area contributed by atoms with Gasteiger partial charge in [-0.15, -0.1) is 0 Å². The molecule has 1 aromatic carbocycles. The predicted molar refractivity (Wildman–Crippen MR) is 163 cm³/mol. The topological polar surface area (TPSA) is 155 Å². The van der Waals surface area contributed by atoms with Crippen molar-refractivity contribution < 1.29 is 53.1 Å². The molecule has 0 unspecified atom stereocenters. The molecule has 2 bridgehead atoms. The van der Waals surface area contributed by atoms with Crippen LogP contribution in [0.5, 0.6) is 0 Å². The van der Waals surface area contributed by atoms with E-state index in [0.29, 0.717) is 12.0 Å². The van der Waals surface area contributed by atoms with Crippen molar-refractivity contribution in [3.8, 4) is 0 Å². The molecule has 2 saturated carbocycles. The van der Waals surface area contributed by atoms with Gasteiger partial charge in [0.15, 0.2) is 5.60 Å². The molecule has 1 spiro atoms. The van der Waals surface area contributed by atoms with E-state index in [0.717, 1.165) is 0 Å². The maximum atomic E-state index is 14.0. The summed E-state index contributed by atoms with van der Waals surface area (Å²) < 4.78 is 31.0. The van der Waals surface area contributed by atoms with Crippen LogP contribution in [-0.4, -0.2) is 76.0 Å². The van der Waals surface area contributed by atoms with Crippen molar-refractivity contribution in [2.24, 2.45) is 29.1 Å². The molecule has 5 aliphatic rings. The van der Waals surface area contributed by atoms with Crippen LogP contribution in [-0.2, 0) is 38.1 Å². The molecule has 46 heavy (non-hydrogen) atoms. The third-order valence-electron chi connectivity index (χ3n) is 10.4. The van der Waals surface area contributed by atoms with E-state index in [4.69, 9.17) is 23.7 Å². The van der Waals surface area contributed by atoms with E-state index in [9.17, 15) is 29.4 Å². The molecule has 4 fully saturated rings. The average molecular weight is 641 g/mol. The first-order chi connectivity index (χ1) is 21.6. The van der Waals surface area contributed by atoms with Crippen LogP contribution in [0.25, 0.3) is 0 Å². The zero-order valence-corrected chi connectivity index (χ0v) is 27.2. The molecule has 2 N–H and O–H groups in total. The lowest BCUT2D eigenvalue weighted by Crippen LogP contribution is -2.77. The standard InChI is InChI=1S/C35H44O11/c1-8-12-26(38)44-28-20(4)17-34(46-22(6)37)27(28)30(45-31(39)23-13-10-9-11-14-23)33-18-42-35(34,41)32(7,40)29(33)24(19(2)3)15-16-25(33)43-21(5)36/h9-11,13-16,20,24-25,27-30,40-41H,2,8,12,17-18H2,1,3-7H3/t20-,24+,25+,27+,28-,29-,30+,32-,33+,34+,35+/m0/s1. The molecular weight excluding hydrogens is 596 g/mol. The second-order valence-corrected chi connectivity index (χ2v) is 13.5. The van der Waals surface area contributed by atoms with Crippen molar-refractivity contribution in [2.45, 2.75) is 96.1 Å². The average Bonchev–Trinajstić information content (AvgIpc) is 3.18. The van der Waals surface area contributed by atoms with Crippen LogP contribution in [0.15, 0.2) is 54.6 Å². The number of allylic oxidation sites excluding steroid dienone is 2. The maximum Gasteiger partial charge on any atom is 0.338 e. The third kappa shape index (κ3) is 4.89. The van der Waals surface area contributed by atoms with E-state index in [1.807, 2.05) is 6.92 Å². The van der Waals surface area contributed by atoms with E-state index >= 15 is 0 Å². The van der Waals surface area contributed by atoms with Crippen molar-refractivity contribution in [2.75, 3.05) is 6.61 Å². The minimum absolute atomic E-state index is 0.0910. The Morgan fingerprint density at radius 2 is 1.67 bits per heavy atom. The number of hydrogen-bond acceptors (Lipinski definition) is 11. The lowest BCUT2D eigenvalue weighted by Gasteiger charge is -2.62. The van der Waals surface area contributed by atoms with Crippen LogP contribution < -0.4 is 0 Å². The number of benzene rings is 1. The van der Waals surface area contributed by atoms with E-state index < -0.39 is 88.3 Å². The molecule has 11 heteroatoms. The Morgan fingerprint density at radius 1 is 1.00 bits per heavy atom. The fraction of sp³-hybridized carbons (Fsp3) is 0.600. The monoisotopic (exact) mass is 640 g/mol. The van der Waals surface area contributed by atoms with Crippen molar-refractivity contribution >= 4 is 23.9 Å². The van der Waals surface area contributed by atoms with Gasteiger partial charge in [-0.2, -0.15) is 0 Å². The number of ether oxygens (including phenoxy) is 5. The highest BCUT2D eigenvalue weighted by atomic mass is 16.7. The lowest BCUT2D eigenvalue weighted by molar-refractivity contribution is -0.411. The minimum atomic E-state index is -2.60. The zero-order valence-electron chi connectivity index (χ0n) is 27.2. The number of carbonyl (C=O) groups excluding carboxylic acids is 4. The zero-order chi connectivity index (χ0) is 33.8. The summed E-state index contributed by atoms with van der Waals surface area (Å²) in [5.41, 5.74) is -5.09. The normalized spacial score (nSPS) is 40.6. The predicted octanol–water partition coefficient (Wildman–Crippen LogP) is 3.66. The fourth-order valence-electron chi connectivity index (χ4n) is 8.85. The van der Waals surface area contributed by atoms with Gasteiger partial charge in [0.1, 0.15) is 23.9 Å². The van der Waals surface area contributed by atoms with E-state index in [-0.39, 0.29) is 25.0 Å². The van der Waals surface area contributed by atoms with Gasteiger partial charge in [-0.3, -0.25) is 14.4 Å². The molecule has 3 aliphatic carbocycles. The summed E-state index contributed by atoms with van der Waals surface area (Å²) in [4.78, 5) is 52.8. The number of hydrogen-bond donors (Lipinski definition) is 2. The molecule has 0 amide bonds. The van der Waals surface area contributed by atoms with Crippen LogP contribution in [0.2, 0.25) is 0 Å². The quantitative estimate of drug-likeness (QED) is 0.243. The summed E-state index contributed by atoms with van der Waals surface area (Å²) in [6, 6.07) is 8.23. The van der Waals surface area contributed by atoms with Crippen LogP contribution in [0, 0.1) is 29.1 Å². The molecule has 2 saturated heterocycles. The van der Waals surface area contributed by atoms with Crippen molar-refractivity contribution in [3.63, 3.8) is 0 Å². The van der Waals surface area contributed by atoms with Crippen molar-refractivity contribution in [1.82, 2.24) is 0 Å². The van der Waals surface area contributed by atoms with E-state index in [1.165, 1.54) is 20.8 Å². The van der Waals surface area contributed by atoms with Crippen molar-refractivity contribution in [3.05, 3.63) is 60.2 Å². The Bertz CT molecular complexity index is 1430. The van der Waals surface area contributed by atoms with Crippen LogP contribution >= 0.6 is 0 Å². The number of esters is 4. The SMILES string of the molecule is C=C(C)[C@H]1C=C[C@@H](OC(C)=O)[C@]23CO[C@](O)([C@@](C)(O)[C@H]12)[C@@]1(OC(C)=O)C[C@H](C)[C@H](OC(=O)CCC)[C@@H]1[C@H]3OC(=O)c1ccccc1. The first kappa shape index (κ1) is 33.8. The molecule has 0 radical (unpaired) electrons. The van der Waals surface area contributed by atoms with Gasteiger partial charge in [-0.25, -0.2) is 4.79 Å². The Kier molecular flexibility index (Phi) is 8.76. The van der Waals surface area contributed by atoms with E-state index in [2.05, 4.69) is 6.58 Å². The van der Waals surface area contributed by atoms with Gasteiger partial charge >= 0.3 is 23.9 Å². The minimum Gasteiger partial charge on any atom is -0.461 e. The van der Waals surface area contributed by atoms with Gasteiger partial charge in [0.05, 0.1) is 23.5 Å². The Balaban J connectivity index is 1.87. The molecule has 2 heterocycles. The second kappa shape index (κ2) is 11.9. The highest BCUT2D eigenvalue weighted by Crippen LogP contribution is 2.70. The Labute approximate surface area is 268 Å². The summed E-state index contributed by atoms with van der Waals surface area (Å²) in [5, 5.41) is 25.6. The molecule has 6 rings (SSSR count). The van der Waals surface area contributed by atoms with Gasteiger partial charge in [-0.05, 0) is 50.8 Å². The molecule has 11 nitrogen and oxygen atoms in total. The number of rotatable bonds is 8. The highest BCUT2D eigenvalue weighted by Gasteiger charge is 2.86. The molecule has 0 aromatic heterocycles. The number of aliphatic hydroxyl groups is 2. The molecule has 11 atom stereocenters. The summed E-state index contributed by atoms with van der Waals surface area (Å²) in [6.07, 6.45) is 0.265. The molecule has 2 aliphatic heterocycles. The molecule has 250 valence electrons. The summed E-state index contributed by atoms with van der Waals surface area (Å²) >= 11 is 0. The van der Waals surface area contributed by atoms with Gasteiger partial charge in [0, 0.05) is 32.1 Å². The largest absolute Gasteiger partial charge is 0.461 e. The van der Waals surface area contributed by atoms with Crippen LogP contribution in [0.1, 0.15) is 71.2 Å². The first-order valence-electron chi connectivity index (χ1n) is 15.8. The Hall–Kier alpha value is -3.54. The lowest BCUT2D eigenvalue weighted by atomic mass is 9.52. The van der Waals surface area contributed by atoms with Gasteiger partial charge in [0.2, 0.25) is 5.79 Å². The Morgan fingerprint density at radius 3 is 2.26 bits per heavy atom. The summed E-state index contributed by atoms with van der Waals surface area (Å²) in [5.74, 6) is -8.85. The first-order valence-corrected chi connectivity index (χ1v) is 15.8. The smallest absolute Gasteiger partial charge is 0.338 e. The number of carbonyl (C=O) groups is 4.